The Bertz CT molecular complexity index is 3790. The molecule has 0 fully saturated rings. The lowest BCUT2D eigenvalue weighted by Crippen LogP contribution is -2.14. The fourth-order valence-electron chi connectivity index (χ4n) is 10.3. The third kappa shape index (κ3) is 5.89. The lowest BCUT2D eigenvalue weighted by atomic mass is 9.82. The van der Waals surface area contributed by atoms with E-state index in [9.17, 15) is 0 Å². The van der Waals surface area contributed by atoms with Crippen LogP contribution in [0.4, 0.5) is 0 Å². The first kappa shape index (κ1) is 37.2. The molecule has 12 aromatic rings. The van der Waals surface area contributed by atoms with Crippen molar-refractivity contribution in [2.24, 2.45) is 0 Å². The van der Waals surface area contributed by atoms with E-state index >= 15 is 0 Å². The Kier molecular flexibility index (Phi) is 8.18. The average molecular weight is 833 g/mol. The summed E-state index contributed by atoms with van der Waals surface area (Å²) < 4.78 is 9.01. The van der Waals surface area contributed by atoms with Gasteiger partial charge < -0.3 is 8.98 Å². The molecule has 0 bridgehead atoms. The van der Waals surface area contributed by atoms with Gasteiger partial charge in [-0.1, -0.05) is 159 Å². The van der Waals surface area contributed by atoms with Gasteiger partial charge in [0.05, 0.1) is 11.0 Å². The Morgan fingerprint density at radius 2 is 0.938 bits per heavy atom. The molecule has 306 valence electrons. The predicted molar refractivity (Wildman–Crippen MR) is 266 cm³/mol. The molecule has 0 amide bonds. The molecule has 3 heterocycles. The molecule has 0 saturated heterocycles. The van der Waals surface area contributed by atoms with E-state index in [4.69, 9.17) is 19.4 Å². The van der Waals surface area contributed by atoms with Crippen molar-refractivity contribution in [2.45, 2.75) is 19.3 Å². The van der Waals surface area contributed by atoms with Crippen LogP contribution in [-0.4, -0.2) is 19.5 Å². The molecular formula is C60H40N4O. The second kappa shape index (κ2) is 14.3. The number of rotatable bonds is 6. The molecule has 5 nitrogen and oxygen atoms in total. The third-order valence-corrected chi connectivity index (χ3v) is 13.4. The summed E-state index contributed by atoms with van der Waals surface area (Å²) in [4.78, 5) is 15.0. The van der Waals surface area contributed by atoms with Crippen LogP contribution in [-0.2, 0) is 5.41 Å². The number of fused-ring (bicyclic) bond motifs is 9. The van der Waals surface area contributed by atoms with E-state index in [2.05, 4.69) is 164 Å². The molecule has 0 atom stereocenters. The van der Waals surface area contributed by atoms with Crippen LogP contribution in [0.15, 0.2) is 211 Å². The first-order valence-electron chi connectivity index (χ1n) is 22.2. The van der Waals surface area contributed by atoms with Crippen LogP contribution < -0.4 is 0 Å². The van der Waals surface area contributed by atoms with E-state index in [1.165, 1.54) is 44.1 Å². The Morgan fingerprint density at radius 1 is 0.369 bits per heavy atom. The topological polar surface area (TPSA) is 56.7 Å². The Labute approximate surface area is 376 Å². The average Bonchev–Trinajstić information content (AvgIpc) is 3.98. The maximum absolute atomic E-state index is 6.58. The van der Waals surface area contributed by atoms with Gasteiger partial charge in [-0.15, -0.1) is 0 Å². The predicted octanol–water partition coefficient (Wildman–Crippen LogP) is 15.5. The Morgan fingerprint density at radius 3 is 1.68 bits per heavy atom. The molecular weight excluding hydrogens is 793 g/mol. The molecule has 0 aliphatic heterocycles. The zero-order valence-corrected chi connectivity index (χ0v) is 35.8. The van der Waals surface area contributed by atoms with Gasteiger partial charge in [-0.05, 0) is 105 Å². The lowest BCUT2D eigenvalue weighted by molar-refractivity contribution is 0.661. The minimum absolute atomic E-state index is 0.106. The highest BCUT2D eigenvalue weighted by molar-refractivity contribution is 6.15. The second-order valence-corrected chi connectivity index (χ2v) is 17.6. The third-order valence-electron chi connectivity index (χ3n) is 13.4. The van der Waals surface area contributed by atoms with Gasteiger partial charge in [0.15, 0.2) is 17.5 Å². The van der Waals surface area contributed by atoms with Crippen molar-refractivity contribution in [3.8, 4) is 73.2 Å². The van der Waals surface area contributed by atoms with Crippen LogP contribution in [0.5, 0.6) is 0 Å². The molecule has 0 radical (unpaired) electrons. The molecule has 1 aliphatic rings. The van der Waals surface area contributed by atoms with E-state index in [1.54, 1.807) is 0 Å². The van der Waals surface area contributed by atoms with Gasteiger partial charge in [-0.2, -0.15) is 0 Å². The summed E-state index contributed by atoms with van der Waals surface area (Å²) in [6.07, 6.45) is 0. The van der Waals surface area contributed by atoms with Crippen LogP contribution in [0.3, 0.4) is 0 Å². The van der Waals surface area contributed by atoms with Crippen molar-refractivity contribution in [1.82, 2.24) is 19.5 Å². The van der Waals surface area contributed by atoms with Gasteiger partial charge in [0.1, 0.15) is 11.2 Å². The molecule has 13 rings (SSSR count). The van der Waals surface area contributed by atoms with Crippen molar-refractivity contribution in [2.75, 3.05) is 0 Å². The van der Waals surface area contributed by atoms with E-state index < -0.39 is 0 Å². The van der Waals surface area contributed by atoms with Crippen LogP contribution >= 0.6 is 0 Å². The number of aromatic nitrogens is 4. The minimum atomic E-state index is -0.106. The monoisotopic (exact) mass is 832 g/mol. The van der Waals surface area contributed by atoms with Gasteiger partial charge in [-0.25, -0.2) is 15.0 Å². The van der Waals surface area contributed by atoms with Gasteiger partial charge in [0, 0.05) is 49.3 Å². The molecule has 0 spiro atoms. The summed E-state index contributed by atoms with van der Waals surface area (Å²) in [5.74, 6) is 1.89. The smallest absolute Gasteiger partial charge is 0.164 e. The molecule has 0 saturated carbocycles. The fourth-order valence-corrected chi connectivity index (χ4v) is 10.3. The van der Waals surface area contributed by atoms with Crippen LogP contribution in [0.25, 0.3) is 117 Å². The lowest BCUT2D eigenvalue weighted by Gasteiger charge is -2.21. The summed E-state index contributed by atoms with van der Waals surface area (Å²) in [7, 11) is 0. The highest BCUT2D eigenvalue weighted by Crippen LogP contribution is 2.51. The highest BCUT2D eigenvalue weighted by atomic mass is 16.3. The Balaban J connectivity index is 0.954. The van der Waals surface area contributed by atoms with Gasteiger partial charge in [-0.3, -0.25) is 0 Å². The maximum Gasteiger partial charge on any atom is 0.164 e. The zero-order valence-electron chi connectivity index (χ0n) is 35.8. The van der Waals surface area contributed by atoms with Crippen molar-refractivity contribution in [1.29, 1.82) is 0 Å². The van der Waals surface area contributed by atoms with Crippen molar-refractivity contribution < 1.29 is 4.42 Å². The number of hydrogen-bond acceptors (Lipinski definition) is 4. The largest absolute Gasteiger partial charge is 0.456 e. The summed E-state index contributed by atoms with van der Waals surface area (Å²) in [5.41, 5.74) is 17.7. The first-order chi connectivity index (χ1) is 32.0. The number of furan rings is 1. The van der Waals surface area contributed by atoms with Gasteiger partial charge in [0.2, 0.25) is 0 Å². The molecule has 65 heavy (non-hydrogen) atoms. The van der Waals surface area contributed by atoms with E-state index in [-0.39, 0.29) is 5.41 Å². The van der Waals surface area contributed by atoms with Crippen LogP contribution in [0.1, 0.15) is 25.0 Å². The van der Waals surface area contributed by atoms with Crippen LogP contribution in [0, 0.1) is 0 Å². The molecule has 3 aromatic heterocycles. The number of hydrogen-bond donors (Lipinski definition) is 0. The second-order valence-electron chi connectivity index (χ2n) is 17.6. The summed E-state index contributed by atoms with van der Waals surface area (Å²) in [6, 6.07) is 73.1. The minimum Gasteiger partial charge on any atom is -0.456 e. The standard InChI is InChI=1S/C60H40N4O/c1-60(2)50-26-13-12-24-45(50)46-36-53-48(35-51(46)60)47-33-39(28-30-52(47)64(53)43-22-10-5-11-23-43)40-29-31-54-49(34-40)56-44(25-15-27-55(56)65-54)41-20-14-21-42(32-41)59-62-57(37-16-6-3-7-17-37)61-58(63-59)38-18-8-4-9-19-38/h3-36H,1-2H3. The molecule has 5 heteroatoms. The van der Waals surface area contributed by atoms with Crippen molar-refractivity contribution in [3.63, 3.8) is 0 Å². The molecule has 9 aromatic carbocycles. The summed E-state index contributed by atoms with van der Waals surface area (Å²) in [6.45, 7) is 4.72. The number of para-hydroxylation sites is 1. The molecule has 1 aliphatic carbocycles. The quantitative estimate of drug-likeness (QED) is 0.167. The summed E-state index contributed by atoms with van der Waals surface area (Å²) >= 11 is 0. The fraction of sp³-hybridized carbons (Fsp3) is 0.0500. The van der Waals surface area contributed by atoms with Crippen LogP contribution in [0.2, 0.25) is 0 Å². The molecule has 0 N–H and O–H groups in total. The SMILES string of the molecule is CC1(C)c2ccccc2-c2cc3c(cc21)c1cc(-c2ccc4oc5cccc(-c6cccc(-c7nc(-c8ccccc8)nc(-c8ccccc8)n7)c6)c5c4c2)ccc1n3-c1ccccc1. The maximum atomic E-state index is 6.58. The van der Waals surface area contributed by atoms with E-state index in [0.29, 0.717) is 17.5 Å². The summed E-state index contributed by atoms with van der Waals surface area (Å²) in [5, 5.41) is 4.63. The normalized spacial score (nSPS) is 12.9. The van der Waals surface area contributed by atoms with E-state index in [1.807, 2.05) is 60.7 Å². The van der Waals surface area contributed by atoms with Crippen molar-refractivity contribution >= 4 is 43.7 Å². The van der Waals surface area contributed by atoms with Gasteiger partial charge >= 0.3 is 0 Å². The highest BCUT2D eigenvalue weighted by Gasteiger charge is 2.36. The first-order valence-corrected chi connectivity index (χ1v) is 22.2. The van der Waals surface area contributed by atoms with Crippen molar-refractivity contribution in [3.05, 3.63) is 217 Å². The molecule has 0 unspecified atom stereocenters. The van der Waals surface area contributed by atoms with E-state index in [0.717, 1.165) is 66.6 Å². The number of nitrogens with zero attached hydrogens (tertiary/aromatic N) is 4. The number of benzene rings is 9. The zero-order chi connectivity index (χ0) is 43.2. The Hall–Kier alpha value is -8.41. The van der Waals surface area contributed by atoms with Gasteiger partial charge in [0.25, 0.3) is 0 Å².